The smallest absolute Gasteiger partial charge is 0.340 e. The number of rotatable bonds is 9. The number of nitrogens with zero attached hydrogens (tertiary/aromatic N) is 1. The zero-order valence-corrected chi connectivity index (χ0v) is 15.8. The van der Waals surface area contributed by atoms with Gasteiger partial charge in [0.05, 0.1) is 5.56 Å². The van der Waals surface area contributed by atoms with Crippen LogP contribution in [0.3, 0.4) is 0 Å². The Balaban J connectivity index is 2.04. The highest BCUT2D eigenvalue weighted by Gasteiger charge is 2.18. The lowest BCUT2D eigenvalue weighted by atomic mass is 10.1. The van der Waals surface area contributed by atoms with Crippen LogP contribution in [0, 0.1) is 13.8 Å². The fraction of sp³-hybridized carbons (Fsp3) is 0.400. The number of Topliss-reactive ketones (excluding diaryl/α,β-unsaturated/α-hetero) is 1. The number of carbonyl (C=O) groups is 2. The molecule has 0 fully saturated rings. The van der Waals surface area contributed by atoms with Gasteiger partial charge in [-0.3, -0.25) is 4.79 Å². The Morgan fingerprint density at radius 1 is 1.15 bits per heavy atom. The summed E-state index contributed by atoms with van der Waals surface area (Å²) in [7, 11) is 3.40. The minimum absolute atomic E-state index is 0.202. The Bertz CT molecular complexity index is 780. The molecule has 0 amide bonds. The van der Waals surface area contributed by atoms with Gasteiger partial charge < -0.3 is 19.4 Å². The molecule has 1 heterocycles. The predicted octanol–water partition coefficient (Wildman–Crippen LogP) is 3.22. The van der Waals surface area contributed by atoms with E-state index in [4.69, 9.17) is 9.47 Å². The lowest BCUT2D eigenvalue weighted by molar-refractivity contribution is 0.0475. The van der Waals surface area contributed by atoms with Crippen molar-refractivity contribution in [2.75, 3.05) is 32.7 Å². The number of carbonyl (C=O) groups excluding carboxylic acids is 2. The Morgan fingerprint density at radius 3 is 2.58 bits per heavy atom. The third-order valence-electron chi connectivity index (χ3n) is 4.35. The summed E-state index contributed by atoms with van der Waals surface area (Å²) in [6, 6.07) is 8.88. The fourth-order valence-corrected chi connectivity index (χ4v) is 2.96. The van der Waals surface area contributed by atoms with Crippen LogP contribution in [0.15, 0.2) is 30.3 Å². The second-order valence-electron chi connectivity index (χ2n) is 6.08. The monoisotopic (exact) mass is 358 g/mol. The first-order valence-electron chi connectivity index (χ1n) is 8.62. The van der Waals surface area contributed by atoms with Crippen molar-refractivity contribution in [3.63, 3.8) is 0 Å². The van der Waals surface area contributed by atoms with E-state index in [2.05, 4.69) is 9.88 Å². The Labute approximate surface area is 154 Å². The fourth-order valence-electron chi connectivity index (χ4n) is 2.96. The standard InChI is InChI=1S/C20H26N2O4/c1-14-12-17(15(2)22(14)10-7-11-25-4)19(23)13-26-20(24)16-8-5-6-9-18(16)21-3/h5-6,8-9,12,21H,7,10-11,13H2,1-4H3. The van der Waals surface area contributed by atoms with E-state index in [1.807, 2.05) is 26.0 Å². The first-order valence-corrected chi connectivity index (χ1v) is 8.62. The minimum atomic E-state index is -0.516. The Hall–Kier alpha value is -2.60. The lowest BCUT2D eigenvalue weighted by Gasteiger charge is -2.10. The number of hydrogen-bond donors (Lipinski definition) is 1. The molecule has 0 aliphatic heterocycles. The zero-order valence-electron chi connectivity index (χ0n) is 15.8. The molecule has 0 atom stereocenters. The Morgan fingerprint density at radius 2 is 1.88 bits per heavy atom. The minimum Gasteiger partial charge on any atom is -0.454 e. The lowest BCUT2D eigenvalue weighted by Crippen LogP contribution is -2.16. The van der Waals surface area contributed by atoms with Crippen molar-refractivity contribution in [2.24, 2.45) is 0 Å². The van der Waals surface area contributed by atoms with Crippen LogP contribution >= 0.6 is 0 Å². The van der Waals surface area contributed by atoms with E-state index in [1.54, 1.807) is 32.4 Å². The van der Waals surface area contributed by atoms with Crippen molar-refractivity contribution in [3.05, 3.63) is 52.8 Å². The van der Waals surface area contributed by atoms with E-state index in [0.29, 0.717) is 23.4 Å². The molecule has 0 bridgehead atoms. The van der Waals surface area contributed by atoms with Gasteiger partial charge in [-0.15, -0.1) is 0 Å². The highest BCUT2D eigenvalue weighted by Crippen LogP contribution is 2.18. The van der Waals surface area contributed by atoms with Crippen molar-refractivity contribution in [1.82, 2.24) is 4.57 Å². The van der Waals surface area contributed by atoms with Gasteiger partial charge in [-0.25, -0.2) is 4.79 Å². The highest BCUT2D eigenvalue weighted by atomic mass is 16.5. The molecule has 0 spiro atoms. The van der Waals surface area contributed by atoms with Crippen molar-refractivity contribution < 1.29 is 19.1 Å². The number of esters is 1. The van der Waals surface area contributed by atoms with Crippen molar-refractivity contribution in [2.45, 2.75) is 26.8 Å². The number of ether oxygens (including phenoxy) is 2. The molecule has 26 heavy (non-hydrogen) atoms. The van der Waals surface area contributed by atoms with Gasteiger partial charge in [0, 0.05) is 49.9 Å². The molecule has 0 saturated heterocycles. The van der Waals surface area contributed by atoms with Crippen LogP contribution in [0.4, 0.5) is 5.69 Å². The number of para-hydroxylation sites is 1. The second-order valence-corrected chi connectivity index (χ2v) is 6.08. The molecule has 0 aliphatic rings. The zero-order chi connectivity index (χ0) is 19.1. The first-order chi connectivity index (χ1) is 12.5. The van der Waals surface area contributed by atoms with Gasteiger partial charge in [-0.05, 0) is 38.5 Å². The molecule has 6 nitrogen and oxygen atoms in total. The van der Waals surface area contributed by atoms with Gasteiger partial charge in [0.2, 0.25) is 5.78 Å². The second kappa shape index (κ2) is 9.20. The molecule has 1 aromatic carbocycles. The van der Waals surface area contributed by atoms with E-state index in [9.17, 15) is 9.59 Å². The van der Waals surface area contributed by atoms with Crippen molar-refractivity contribution in [1.29, 1.82) is 0 Å². The summed E-state index contributed by atoms with van der Waals surface area (Å²) < 4.78 is 12.4. The summed E-state index contributed by atoms with van der Waals surface area (Å²) in [5.74, 6) is -0.719. The number of aryl methyl sites for hydroxylation is 1. The summed E-state index contributed by atoms with van der Waals surface area (Å²) in [5.41, 5.74) is 3.56. The normalized spacial score (nSPS) is 10.6. The van der Waals surface area contributed by atoms with E-state index >= 15 is 0 Å². The van der Waals surface area contributed by atoms with Crippen molar-refractivity contribution >= 4 is 17.4 Å². The average molecular weight is 358 g/mol. The maximum absolute atomic E-state index is 12.5. The number of hydrogen-bond acceptors (Lipinski definition) is 5. The molecule has 2 rings (SSSR count). The van der Waals surface area contributed by atoms with Gasteiger partial charge in [-0.1, -0.05) is 12.1 Å². The maximum Gasteiger partial charge on any atom is 0.340 e. The molecule has 140 valence electrons. The SMILES string of the molecule is CNc1ccccc1C(=O)OCC(=O)c1cc(C)n(CCCOC)c1C. The van der Waals surface area contributed by atoms with E-state index in [1.165, 1.54) is 0 Å². The molecule has 0 aliphatic carbocycles. The van der Waals surface area contributed by atoms with Crippen LogP contribution in [0.25, 0.3) is 0 Å². The van der Waals surface area contributed by atoms with Gasteiger partial charge >= 0.3 is 5.97 Å². The first kappa shape index (κ1) is 19.7. The van der Waals surface area contributed by atoms with Crippen LogP contribution in [-0.2, 0) is 16.0 Å². The quantitative estimate of drug-likeness (QED) is 0.423. The molecular formula is C20H26N2O4. The molecule has 1 aromatic heterocycles. The third kappa shape index (κ3) is 4.52. The van der Waals surface area contributed by atoms with Crippen LogP contribution in [-0.4, -0.2) is 43.7 Å². The molecule has 0 saturated carbocycles. The van der Waals surface area contributed by atoms with Crippen LogP contribution in [0.1, 0.15) is 38.5 Å². The summed E-state index contributed by atoms with van der Waals surface area (Å²) >= 11 is 0. The maximum atomic E-state index is 12.5. The van der Waals surface area contributed by atoms with Gasteiger partial charge in [-0.2, -0.15) is 0 Å². The van der Waals surface area contributed by atoms with Crippen LogP contribution < -0.4 is 5.32 Å². The molecule has 2 aromatic rings. The summed E-state index contributed by atoms with van der Waals surface area (Å²) in [4.78, 5) is 24.8. The summed E-state index contributed by atoms with van der Waals surface area (Å²) in [5, 5.41) is 2.94. The Kier molecular flexibility index (Phi) is 6.97. The van der Waals surface area contributed by atoms with E-state index in [-0.39, 0.29) is 12.4 Å². The number of aromatic nitrogens is 1. The number of methoxy groups -OCH3 is 1. The summed E-state index contributed by atoms with van der Waals surface area (Å²) in [6.45, 7) is 5.05. The van der Waals surface area contributed by atoms with Gasteiger partial charge in [0.15, 0.2) is 6.61 Å². The number of ketones is 1. The van der Waals surface area contributed by atoms with Crippen molar-refractivity contribution in [3.8, 4) is 0 Å². The largest absolute Gasteiger partial charge is 0.454 e. The molecule has 6 heteroatoms. The van der Waals surface area contributed by atoms with Crippen LogP contribution in [0.5, 0.6) is 0 Å². The molecule has 0 radical (unpaired) electrons. The predicted molar refractivity (Wildman–Crippen MR) is 101 cm³/mol. The highest BCUT2D eigenvalue weighted by molar-refractivity contribution is 6.01. The van der Waals surface area contributed by atoms with E-state index < -0.39 is 5.97 Å². The van der Waals surface area contributed by atoms with Gasteiger partial charge in [0.25, 0.3) is 0 Å². The number of nitrogens with one attached hydrogen (secondary N) is 1. The molecule has 1 N–H and O–H groups in total. The summed E-state index contributed by atoms with van der Waals surface area (Å²) in [6.07, 6.45) is 0.871. The topological polar surface area (TPSA) is 69.6 Å². The number of anilines is 1. The number of benzene rings is 1. The van der Waals surface area contributed by atoms with Gasteiger partial charge in [0.1, 0.15) is 0 Å². The molecule has 0 unspecified atom stereocenters. The molecular weight excluding hydrogens is 332 g/mol. The van der Waals surface area contributed by atoms with E-state index in [0.717, 1.165) is 24.4 Å². The average Bonchev–Trinajstić information content (AvgIpc) is 2.94. The van der Waals surface area contributed by atoms with Crippen LogP contribution in [0.2, 0.25) is 0 Å². The third-order valence-corrected chi connectivity index (χ3v) is 4.35.